The quantitative estimate of drug-likeness (QED) is 0.104. The number of hydrogen-bond acceptors (Lipinski definition) is 3. The Hall–Kier alpha value is 0.434. The molecule has 0 atom stereocenters. The van der Waals surface area contributed by atoms with Crippen LogP contribution in [0.5, 0.6) is 0 Å². The molecule has 0 unspecified atom stereocenters. The van der Waals surface area contributed by atoms with Gasteiger partial charge in [0.15, 0.2) is 0 Å². The molecule has 0 radical (unpaired) electrons. The van der Waals surface area contributed by atoms with E-state index in [1.54, 1.807) is 0 Å². The van der Waals surface area contributed by atoms with Crippen LogP contribution in [0.2, 0.25) is 0 Å². The Morgan fingerprint density at radius 1 is 0.344 bits per heavy atom. The van der Waals surface area contributed by atoms with Gasteiger partial charge in [-0.1, -0.05) is 155 Å². The van der Waals surface area contributed by atoms with Crippen molar-refractivity contribution in [2.45, 2.75) is 168 Å². The Morgan fingerprint density at radius 3 is 0.656 bits per heavy atom. The van der Waals surface area contributed by atoms with Crippen LogP contribution in [0, 0.1) is 0 Å². The van der Waals surface area contributed by atoms with E-state index in [0.717, 1.165) is 33.2 Å². The average Bonchev–Trinajstić information content (AvgIpc) is 2.83. The summed E-state index contributed by atoms with van der Waals surface area (Å²) in [5.74, 6) is 0. The van der Waals surface area contributed by atoms with Crippen molar-refractivity contribution >= 4 is 0 Å². The second-order valence-corrected chi connectivity index (χ2v) is 9.23. The van der Waals surface area contributed by atoms with Gasteiger partial charge in [-0.25, -0.2) is 0 Å². The summed E-state index contributed by atoms with van der Waals surface area (Å²) < 4.78 is 8.25. The third-order valence-electron chi connectivity index (χ3n) is 6.02. The number of unbranched alkanes of at least 4 members (excludes halogenated alkanes) is 22. The van der Waals surface area contributed by atoms with E-state index in [9.17, 15) is 0 Å². The zero-order chi connectivity index (χ0) is 24.4. The van der Waals surface area contributed by atoms with Crippen molar-refractivity contribution < 1.29 is 33.9 Å². The van der Waals surface area contributed by atoms with Crippen LogP contribution in [-0.2, 0) is 23.7 Å². The van der Waals surface area contributed by atoms with E-state index in [1.165, 1.54) is 141 Å². The van der Waals surface area contributed by atoms with Crippen LogP contribution >= 0.6 is 0 Å². The number of rotatable bonds is 24. The number of hydrogen-bond donors (Lipinski definition) is 2. The molecule has 0 fully saturated rings. The van der Waals surface area contributed by atoms with Crippen molar-refractivity contribution in [3.8, 4) is 0 Å². The molecular weight excluding hydrogens is 432 g/mol. The SMILES string of the molecule is CCCCCCCCCCCCCCO.CCCCCCCCCCCCCCO.[O]=[Ti]. The average molecular weight is 493 g/mol. The van der Waals surface area contributed by atoms with Crippen LogP contribution in [0.4, 0.5) is 0 Å². The van der Waals surface area contributed by atoms with Gasteiger partial charge in [0.05, 0.1) is 0 Å². The molecule has 32 heavy (non-hydrogen) atoms. The Morgan fingerprint density at radius 2 is 0.500 bits per heavy atom. The summed E-state index contributed by atoms with van der Waals surface area (Å²) in [6.45, 7) is 5.29. The molecule has 3 nitrogen and oxygen atoms in total. The van der Waals surface area contributed by atoms with Crippen LogP contribution in [0.3, 0.4) is 0 Å². The van der Waals surface area contributed by atoms with Gasteiger partial charge in [0.1, 0.15) is 0 Å². The molecule has 4 heteroatoms. The van der Waals surface area contributed by atoms with Gasteiger partial charge in [0.2, 0.25) is 0 Å². The molecule has 0 saturated heterocycles. The summed E-state index contributed by atoms with van der Waals surface area (Å²) in [7, 11) is 0. The summed E-state index contributed by atoms with van der Waals surface area (Å²) in [6, 6.07) is 0. The molecule has 0 aliphatic carbocycles. The maximum absolute atomic E-state index is 8.61. The molecule has 2 N–H and O–H groups in total. The van der Waals surface area contributed by atoms with E-state index in [4.69, 9.17) is 13.5 Å². The summed E-state index contributed by atoms with van der Waals surface area (Å²) >= 11 is 0.750. The van der Waals surface area contributed by atoms with E-state index < -0.39 is 0 Å². The van der Waals surface area contributed by atoms with Gasteiger partial charge in [-0.2, -0.15) is 0 Å². The first-order valence-electron chi connectivity index (χ1n) is 14.3. The van der Waals surface area contributed by atoms with Crippen LogP contribution in [0.15, 0.2) is 0 Å². The monoisotopic (exact) mass is 492 g/mol. The second-order valence-electron chi connectivity index (χ2n) is 9.23. The number of aliphatic hydroxyl groups excluding tert-OH is 2. The normalized spacial score (nSPS) is 10.2. The van der Waals surface area contributed by atoms with E-state index in [1.807, 2.05) is 0 Å². The molecule has 0 saturated carbocycles. The molecule has 0 aliphatic rings. The third-order valence-corrected chi connectivity index (χ3v) is 6.02. The summed E-state index contributed by atoms with van der Waals surface area (Å²) in [5, 5.41) is 17.2. The summed E-state index contributed by atoms with van der Waals surface area (Å²) in [5.41, 5.74) is 0. The van der Waals surface area contributed by atoms with Crippen molar-refractivity contribution in [2.24, 2.45) is 0 Å². The molecule has 0 aromatic heterocycles. The molecule has 194 valence electrons. The molecule has 0 amide bonds. The van der Waals surface area contributed by atoms with Gasteiger partial charge < -0.3 is 10.2 Å². The van der Waals surface area contributed by atoms with Crippen molar-refractivity contribution in [3.05, 3.63) is 0 Å². The molecule has 0 aromatic carbocycles. The zero-order valence-corrected chi connectivity index (χ0v) is 23.7. The zero-order valence-electron chi connectivity index (χ0n) is 22.2. The standard InChI is InChI=1S/2C14H30O.O.Ti/c2*1-2-3-4-5-6-7-8-9-10-11-12-13-14-15;;/h2*15H,2-14H2,1H3;;. The maximum atomic E-state index is 8.61. The predicted molar refractivity (Wildman–Crippen MR) is 137 cm³/mol. The van der Waals surface area contributed by atoms with Gasteiger partial charge in [-0.3, -0.25) is 0 Å². The first-order valence-corrected chi connectivity index (χ1v) is 14.9. The van der Waals surface area contributed by atoms with Crippen LogP contribution in [0.25, 0.3) is 0 Å². The van der Waals surface area contributed by atoms with E-state index in [0.29, 0.717) is 13.2 Å². The molecular formula is C28H60O3Ti. The van der Waals surface area contributed by atoms with Crippen molar-refractivity contribution in [1.82, 2.24) is 0 Å². The fourth-order valence-electron chi connectivity index (χ4n) is 3.91. The Bertz CT molecular complexity index is 227. The van der Waals surface area contributed by atoms with E-state index in [2.05, 4.69) is 13.8 Å². The van der Waals surface area contributed by atoms with Crippen molar-refractivity contribution in [3.63, 3.8) is 0 Å². The van der Waals surface area contributed by atoms with Crippen molar-refractivity contribution in [1.29, 1.82) is 0 Å². The third kappa shape index (κ3) is 44.2. The summed E-state index contributed by atoms with van der Waals surface area (Å²) in [4.78, 5) is 0. The fourth-order valence-corrected chi connectivity index (χ4v) is 3.91. The predicted octanol–water partition coefficient (Wildman–Crippen LogP) is 9.24. The topological polar surface area (TPSA) is 57.5 Å². The van der Waals surface area contributed by atoms with Crippen LogP contribution in [0.1, 0.15) is 168 Å². The van der Waals surface area contributed by atoms with Crippen molar-refractivity contribution in [2.75, 3.05) is 13.2 Å². The first-order chi connectivity index (χ1) is 15.8. The van der Waals surface area contributed by atoms with E-state index >= 15 is 0 Å². The second kappa shape index (κ2) is 41.7. The molecule has 0 aromatic rings. The minimum atomic E-state index is 0.372. The van der Waals surface area contributed by atoms with E-state index in [-0.39, 0.29) is 0 Å². The Kier molecular flexibility index (Phi) is 48.2. The number of aliphatic hydroxyl groups is 2. The van der Waals surface area contributed by atoms with Gasteiger partial charge in [0, 0.05) is 13.2 Å². The first kappa shape index (κ1) is 37.0. The Balaban J connectivity index is -0.000000487. The summed E-state index contributed by atoms with van der Waals surface area (Å²) in [6.07, 6.45) is 32.5. The Labute approximate surface area is 214 Å². The minimum absolute atomic E-state index is 0.372. The van der Waals surface area contributed by atoms with Crippen LogP contribution in [-0.4, -0.2) is 23.4 Å². The molecule has 0 heterocycles. The van der Waals surface area contributed by atoms with Gasteiger partial charge >= 0.3 is 23.7 Å². The molecule has 0 aliphatic heterocycles. The molecule has 0 spiro atoms. The van der Waals surface area contributed by atoms with Crippen LogP contribution < -0.4 is 0 Å². The van der Waals surface area contributed by atoms with Gasteiger partial charge in [0.25, 0.3) is 0 Å². The van der Waals surface area contributed by atoms with Gasteiger partial charge in [-0.15, -0.1) is 0 Å². The fraction of sp³-hybridized carbons (Fsp3) is 1.00. The van der Waals surface area contributed by atoms with Gasteiger partial charge in [-0.05, 0) is 12.8 Å². The molecule has 0 bridgehead atoms. The molecule has 0 rings (SSSR count).